The Morgan fingerprint density at radius 1 is 1.47 bits per heavy atom. The number of nitrogens with one attached hydrogen (secondary N) is 2. The molecule has 5 nitrogen and oxygen atoms in total. The van der Waals surface area contributed by atoms with Crippen LogP contribution in [0.2, 0.25) is 0 Å². The number of nitrogens with zero attached hydrogens (tertiary/aromatic N) is 2. The highest BCUT2D eigenvalue weighted by Gasteiger charge is 2.15. The Kier molecular flexibility index (Phi) is 6.62. The van der Waals surface area contributed by atoms with Crippen molar-refractivity contribution in [3.63, 3.8) is 0 Å². The van der Waals surface area contributed by atoms with Crippen molar-refractivity contribution in [1.29, 1.82) is 0 Å². The van der Waals surface area contributed by atoms with E-state index >= 15 is 0 Å². The van der Waals surface area contributed by atoms with Crippen molar-refractivity contribution in [2.24, 2.45) is 0 Å². The Morgan fingerprint density at radius 2 is 2.21 bits per heavy atom. The summed E-state index contributed by atoms with van der Waals surface area (Å²) in [5.41, 5.74) is 1.08. The zero-order valence-electron chi connectivity index (χ0n) is 12.0. The lowest BCUT2D eigenvalue weighted by Gasteiger charge is -2.11. The number of amides is 1. The van der Waals surface area contributed by atoms with Crippen LogP contribution in [0.5, 0.6) is 0 Å². The second kappa shape index (κ2) is 7.99. The van der Waals surface area contributed by atoms with Crippen LogP contribution in [0.3, 0.4) is 0 Å². The molecule has 6 heteroatoms. The molecule has 1 rings (SSSR count). The largest absolute Gasteiger partial charge is 0.385 e. The lowest BCUT2D eigenvalue weighted by Crippen LogP contribution is -2.27. The van der Waals surface area contributed by atoms with Gasteiger partial charge in [-0.2, -0.15) is 11.8 Å². The van der Waals surface area contributed by atoms with Gasteiger partial charge in [-0.3, -0.25) is 4.79 Å². The normalized spacial score (nSPS) is 10.6. The first-order valence-electron chi connectivity index (χ1n) is 6.42. The third-order valence-electron chi connectivity index (χ3n) is 2.62. The first kappa shape index (κ1) is 15.8. The second-order valence-electron chi connectivity index (χ2n) is 4.50. The van der Waals surface area contributed by atoms with Crippen molar-refractivity contribution < 1.29 is 4.79 Å². The average molecular weight is 282 g/mol. The Bertz CT molecular complexity index is 423. The molecule has 1 aromatic heterocycles. The number of hydrogen-bond acceptors (Lipinski definition) is 5. The van der Waals surface area contributed by atoms with E-state index in [0.717, 1.165) is 12.2 Å². The van der Waals surface area contributed by atoms with Gasteiger partial charge in [0.25, 0.3) is 5.91 Å². The molecule has 0 aromatic carbocycles. The molecule has 0 saturated heterocycles. The molecule has 0 unspecified atom stereocenters. The first-order chi connectivity index (χ1) is 9.10. The summed E-state index contributed by atoms with van der Waals surface area (Å²) in [5.74, 6) is 1.79. The molecule has 1 heterocycles. The van der Waals surface area contributed by atoms with Crippen molar-refractivity contribution in [1.82, 2.24) is 15.3 Å². The van der Waals surface area contributed by atoms with Gasteiger partial charge in [-0.25, -0.2) is 9.97 Å². The SMILES string of the molecule is CNc1cnc(C(C)C)nc1C(=O)NCCCSC. The minimum atomic E-state index is -0.144. The average Bonchev–Trinajstić information content (AvgIpc) is 2.42. The summed E-state index contributed by atoms with van der Waals surface area (Å²) in [6.07, 6.45) is 4.68. The van der Waals surface area contributed by atoms with Gasteiger partial charge >= 0.3 is 0 Å². The van der Waals surface area contributed by atoms with E-state index in [1.807, 2.05) is 13.8 Å². The minimum Gasteiger partial charge on any atom is -0.385 e. The van der Waals surface area contributed by atoms with Crippen LogP contribution in [0.4, 0.5) is 5.69 Å². The van der Waals surface area contributed by atoms with E-state index in [4.69, 9.17) is 0 Å². The number of hydrogen-bond donors (Lipinski definition) is 2. The lowest BCUT2D eigenvalue weighted by molar-refractivity contribution is 0.0949. The summed E-state index contributed by atoms with van der Waals surface area (Å²) in [5, 5.41) is 5.85. The molecule has 1 aromatic rings. The summed E-state index contributed by atoms with van der Waals surface area (Å²) >= 11 is 1.77. The number of carbonyl (C=O) groups is 1. The molecular weight excluding hydrogens is 260 g/mol. The van der Waals surface area contributed by atoms with Crippen LogP contribution in [-0.2, 0) is 0 Å². The number of rotatable bonds is 7. The van der Waals surface area contributed by atoms with Crippen LogP contribution < -0.4 is 10.6 Å². The van der Waals surface area contributed by atoms with Crippen molar-refractivity contribution in [2.45, 2.75) is 26.2 Å². The molecule has 0 fully saturated rings. The van der Waals surface area contributed by atoms with E-state index in [1.54, 1.807) is 25.0 Å². The Morgan fingerprint density at radius 3 is 2.79 bits per heavy atom. The van der Waals surface area contributed by atoms with Gasteiger partial charge in [0.15, 0.2) is 5.69 Å². The Labute approximate surface area is 119 Å². The van der Waals surface area contributed by atoms with Crippen LogP contribution in [0, 0.1) is 0 Å². The number of aromatic nitrogens is 2. The van der Waals surface area contributed by atoms with Gasteiger partial charge in [-0.15, -0.1) is 0 Å². The molecule has 0 aliphatic carbocycles. The summed E-state index contributed by atoms with van der Waals surface area (Å²) < 4.78 is 0. The third kappa shape index (κ3) is 4.70. The maximum absolute atomic E-state index is 12.1. The molecule has 2 N–H and O–H groups in total. The summed E-state index contributed by atoms with van der Waals surface area (Å²) in [7, 11) is 1.76. The van der Waals surface area contributed by atoms with Crippen molar-refractivity contribution in [2.75, 3.05) is 30.9 Å². The highest BCUT2D eigenvalue weighted by molar-refractivity contribution is 7.98. The standard InChI is InChI=1S/C13H22N4OS/c1-9(2)12-16-8-10(14-3)11(17-12)13(18)15-6-5-7-19-4/h8-9,14H,5-7H2,1-4H3,(H,15,18). The second-order valence-corrected chi connectivity index (χ2v) is 5.48. The fourth-order valence-electron chi connectivity index (χ4n) is 1.53. The highest BCUT2D eigenvalue weighted by Crippen LogP contribution is 2.15. The fourth-order valence-corrected chi connectivity index (χ4v) is 1.96. The van der Waals surface area contributed by atoms with E-state index in [2.05, 4.69) is 26.9 Å². The summed E-state index contributed by atoms with van der Waals surface area (Å²) in [6.45, 7) is 4.69. The molecule has 0 saturated carbocycles. The lowest BCUT2D eigenvalue weighted by atomic mass is 10.2. The maximum Gasteiger partial charge on any atom is 0.272 e. The van der Waals surface area contributed by atoms with Gasteiger partial charge in [0, 0.05) is 19.5 Å². The molecule has 0 spiro atoms. The molecule has 0 aliphatic heterocycles. The van der Waals surface area contributed by atoms with Crippen LogP contribution in [-0.4, -0.2) is 41.5 Å². The van der Waals surface area contributed by atoms with Gasteiger partial charge in [-0.1, -0.05) is 13.8 Å². The summed E-state index contributed by atoms with van der Waals surface area (Å²) in [6, 6.07) is 0. The third-order valence-corrected chi connectivity index (χ3v) is 3.32. The van der Waals surface area contributed by atoms with Crippen LogP contribution in [0.1, 0.15) is 42.5 Å². The van der Waals surface area contributed by atoms with E-state index in [-0.39, 0.29) is 11.8 Å². The van der Waals surface area contributed by atoms with Crippen LogP contribution in [0.25, 0.3) is 0 Å². The Balaban J connectivity index is 2.78. The summed E-state index contributed by atoms with van der Waals surface area (Å²) in [4.78, 5) is 20.7. The molecule has 0 aliphatic rings. The van der Waals surface area contributed by atoms with Crippen LogP contribution in [0.15, 0.2) is 6.20 Å². The molecule has 106 valence electrons. The van der Waals surface area contributed by atoms with Gasteiger partial charge in [0.05, 0.1) is 11.9 Å². The molecule has 0 radical (unpaired) electrons. The van der Waals surface area contributed by atoms with Crippen molar-refractivity contribution in [3.05, 3.63) is 17.7 Å². The van der Waals surface area contributed by atoms with Crippen molar-refractivity contribution in [3.8, 4) is 0 Å². The number of carbonyl (C=O) groups excluding carboxylic acids is 1. The zero-order chi connectivity index (χ0) is 14.3. The maximum atomic E-state index is 12.1. The van der Waals surface area contributed by atoms with E-state index in [0.29, 0.717) is 23.8 Å². The monoisotopic (exact) mass is 282 g/mol. The minimum absolute atomic E-state index is 0.144. The van der Waals surface area contributed by atoms with E-state index < -0.39 is 0 Å². The van der Waals surface area contributed by atoms with Gasteiger partial charge in [0.1, 0.15) is 5.82 Å². The smallest absolute Gasteiger partial charge is 0.272 e. The Hall–Kier alpha value is -1.30. The first-order valence-corrected chi connectivity index (χ1v) is 7.81. The molecule has 1 amide bonds. The number of anilines is 1. The predicted molar refractivity (Wildman–Crippen MR) is 81.0 cm³/mol. The van der Waals surface area contributed by atoms with E-state index in [1.165, 1.54) is 0 Å². The number of thioether (sulfide) groups is 1. The zero-order valence-corrected chi connectivity index (χ0v) is 12.8. The highest BCUT2D eigenvalue weighted by atomic mass is 32.2. The quantitative estimate of drug-likeness (QED) is 0.750. The molecule has 19 heavy (non-hydrogen) atoms. The van der Waals surface area contributed by atoms with Gasteiger partial charge in [0.2, 0.25) is 0 Å². The molecule has 0 atom stereocenters. The predicted octanol–water partition coefficient (Wildman–Crippen LogP) is 2.12. The van der Waals surface area contributed by atoms with Gasteiger partial charge < -0.3 is 10.6 Å². The van der Waals surface area contributed by atoms with Gasteiger partial charge in [-0.05, 0) is 18.4 Å². The van der Waals surface area contributed by atoms with Crippen LogP contribution >= 0.6 is 11.8 Å². The molecular formula is C13H22N4OS. The van der Waals surface area contributed by atoms with Crippen molar-refractivity contribution >= 4 is 23.4 Å². The molecule has 0 bridgehead atoms. The van der Waals surface area contributed by atoms with E-state index in [9.17, 15) is 4.79 Å². The topological polar surface area (TPSA) is 66.9 Å². The fraction of sp³-hybridized carbons (Fsp3) is 0.615.